The first-order chi connectivity index (χ1) is 31.4. The normalized spacial score (nSPS) is 12.3. The van der Waals surface area contributed by atoms with Crippen LogP contribution in [0.5, 0.6) is 0 Å². The third-order valence-electron chi connectivity index (χ3n) is 11.4. The molecule has 0 radical (unpaired) electrons. The monoisotopic (exact) mass is 769 g/mol. The van der Waals surface area contributed by atoms with Crippen molar-refractivity contribution < 1.29 is 9.90 Å². The second-order valence-corrected chi connectivity index (χ2v) is 15.0. The molecule has 0 fully saturated rings. The van der Waals surface area contributed by atoms with E-state index in [0.29, 0.717) is 16.9 Å². The van der Waals surface area contributed by atoms with Crippen LogP contribution < -0.4 is 4.90 Å². The van der Waals surface area contributed by atoms with Crippen LogP contribution in [0.25, 0.3) is 88.3 Å². The fourth-order valence-electron chi connectivity index (χ4n) is 8.30. The maximum Gasteiger partial charge on any atom is 0.143 e. The van der Waals surface area contributed by atoms with Crippen LogP contribution in [-0.2, 0) is 0 Å². The van der Waals surface area contributed by atoms with E-state index in [-0.39, 0.29) is 35.4 Å². The average Bonchev–Trinajstić information content (AvgIpc) is 3.76. The summed E-state index contributed by atoms with van der Waals surface area (Å²) in [5.74, 6) is 0. The first-order valence-electron chi connectivity index (χ1n) is 22.2. The predicted molar refractivity (Wildman–Crippen MR) is 253 cm³/mol. The van der Waals surface area contributed by atoms with Gasteiger partial charge in [-0.15, -0.1) is 0 Å². The number of fused-ring (bicyclic) bond motifs is 5. The summed E-state index contributed by atoms with van der Waals surface area (Å²) in [7, 11) is 0. The highest BCUT2D eigenvalue weighted by Crippen LogP contribution is 2.42. The number of anilines is 3. The number of nitrogens with zero attached hydrogens (tertiary/aromatic N) is 1. The number of rotatable bonds is 8. The lowest BCUT2D eigenvalue weighted by Crippen LogP contribution is -2.09. The van der Waals surface area contributed by atoms with E-state index in [1.807, 2.05) is 138 Å². The minimum Gasteiger partial charge on any atom is -0.455 e. The molecule has 0 saturated heterocycles. The number of hydrogen-bond donors (Lipinski definition) is 0. The van der Waals surface area contributed by atoms with Gasteiger partial charge in [-0.25, -0.2) is 0 Å². The van der Waals surface area contributed by atoms with Gasteiger partial charge in [-0.2, -0.15) is 0 Å². The van der Waals surface area contributed by atoms with Crippen molar-refractivity contribution in [3.05, 3.63) is 236 Å². The molecule has 0 atom stereocenters. The molecule has 1 aromatic heterocycles. The first kappa shape index (κ1) is 31.1. The quantitative estimate of drug-likeness (QED) is 0.153. The second-order valence-electron chi connectivity index (χ2n) is 15.0. The molecule has 0 aliphatic rings. The smallest absolute Gasteiger partial charge is 0.143 e. The maximum absolute atomic E-state index is 9.54. The predicted octanol–water partition coefficient (Wildman–Crippen LogP) is 16.5. The van der Waals surface area contributed by atoms with Crippen LogP contribution in [0.4, 0.5) is 17.1 Å². The molecule has 0 amide bonds. The Hall–Kier alpha value is -7.94. The van der Waals surface area contributed by atoms with E-state index in [9.17, 15) is 5.48 Å². The summed E-state index contributed by atoms with van der Waals surface area (Å²) >= 11 is 0. The fraction of sp³-hybridized carbons (Fsp3) is 0. The lowest BCUT2D eigenvalue weighted by molar-refractivity contribution is 0.673. The van der Waals surface area contributed by atoms with Gasteiger partial charge in [-0.3, -0.25) is 0 Å². The van der Waals surface area contributed by atoms with Crippen LogP contribution in [0.3, 0.4) is 0 Å². The molecule has 0 spiro atoms. The zero-order valence-corrected chi connectivity index (χ0v) is 32.6. The Morgan fingerprint density at radius 2 is 0.783 bits per heavy atom. The summed E-state index contributed by atoms with van der Waals surface area (Å²) in [6.07, 6.45) is 0. The Bertz CT molecular complexity index is 3460. The van der Waals surface area contributed by atoms with Crippen molar-refractivity contribution in [2.24, 2.45) is 0 Å². The summed E-state index contributed by atoms with van der Waals surface area (Å²) in [5.41, 5.74) is 12.6. The Morgan fingerprint density at radius 3 is 1.35 bits per heavy atom. The van der Waals surface area contributed by atoms with Gasteiger partial charge in [0, 0.05) is 33.2 Å². The largest absolute Gasteiger partial charge is 0.455 e. The third-order valence-corrected chi connectivity index (χ3v) is 11.4. The molecule has 0 unspecified atom stereocenters. The number of hydrogen-bond acceptors (Lipinski definition) is 2. The Balaban J connectivity index is 1.01. The van der Waals surface area contributed by atoms with Gasteiger partial charge in [0.25, 0.3) is 0 Å². The van der Waals surface area contributed by atoms with E-state index in [1.54, 1.807) is 0 Å². The van der Waals surface area contributed by atoms with Crippen LogP contribution >= 0.6 is 0 Å². The van der Waals surface area contributed by atoms with Crippen LogP contribution in [0.1, 0.15) is 5.48 Å². The molecule has 282 valence electrons. The van der Waals surface area contributed by atoms with Crippen molar-refractivity contribution in [3.8, 4) is 55.6 Å². The Labute approximate surface area is 355 Å². The molecule has 60 heavy (non-hydrogen) atoms. The van der Waals surface area contributed by atoms with Crippen LogP contribution in [0, 0.1) is 0 Å². The van der Waals surface area contributed by atoms with Gasteiger partial charge in [0.15, 0.2) is 0 Å². The van der Waals surface area contributed by atoms with Crippen LogP contribution in [-0.4, -0.2) is 0 Å². The lowest BCUT2D eigenvalue weighted by Gasteiger charge is -2.26. The van der Waals surface area contributed by atoms with E-state index >= 15 is 0 Å². The van der Waals surface area contributed by atoms with Gasteiger partial charge in [0.05, 0.1) is 5.48 Å². The number of benzene rings is 10. The van der Waals surface area contributed by atoms with Gasteiger partial charge in [-0.05, 0) is 110 Å². The lowest BCUT2D eigenvalue weighted by atomic mass is 9.97. The van der Waals surface area contributed by atoms with E-state index in [2.05, 4.69) is 78.9 Å². The molecule has 0 saturated carbocycles. The minimum absolute atomic E-state index is 0.105. The molecule has 0 bridgehead atoms. The Kier molecular flexibility index (Phi) is 7.83. The van der Waals surface area contributed by atoms with Crippen molar-refractivity contribution in [1.29, 1.82) is 0 Å². The topological polar surface area (TPSA) is 16.4 Å². The van der Waals surface area contributed by atoms with Crippen molar-refractivity contribution in [1.82, 2.24) is 0 Å². The molecular weight excluding hydrogens is 727 g/mol. The number of furan rings is 1. The first-order valence-corrected chi connectivity index (χ1v) is 20.2. The summed E-state index contributed by atoms with van der Waals surface area (Å²) < 4.78 is 44.3. The summed E-state index contributed by atoms with van der Waals surface area (Å²) in [5, 5.41) is 4.27. The molecule has 2 nitrogen and oxygen atoms in total. The zero-order valence-electron chi connectivity index (χ0n) is 36.6. The van der Waals surface area contributed by atoms with E-state index in [1.165, 1.54) is 0 Å². The molecule has 11 aromatic rings. The van der Waals surface area contributed by atoms with E-state index in [0.717, 1.165) is 77.2 Å². The van der Waals surface area contributed by atoms with Gasteiger partial charge in [-0.1, -0.05) is 188 Å². The molecule has 0 aliphatic carbocycles. The average molecular weight is 770 g/mol. The van der Waals surface area contributed by atoms with Crippen LogP contribution in [0.2, 0.25) is 0 Å². The molecule has 0 aliphatic heterocycles. The Morgan fingerprint density at radius 1 is 0.317 bits per heavy atom. The highest BCUT2D eigenvalue weighted by Gasteiger charge is 2.17. The highest BCUT2D eigenvalue weighted by atomic mass is 16.3. The third kappa shape index (κ3) is 6.51. The van der Waals surface area contributed by atoms with Crippen molar-refractivity contribution in [3.63, 3.8) is 0 Å². The fourth-order valence-corrected chi connectivity index (χ4v) is 8.30. The molecule has 0 N–H and O–H groups in total. The molecular formula is C58H39NO. The molecule has 11 rings (SSSR count). The summed E-state index contributed by atoms with van der Waals surface area (Å²) in [6.45, 7) is 0. The van der Waals surface area contributed by atoms with Gasteiger partial charge >= 0.3 is 0 Å². The second kappa shape index (κ2) is 15.1. The van der Waals surface area contributed by atoms with Crippen molar-refractivity contribution in [2.45, 2.75) is 0 Å². The maximum atomic E-state index is 9.54. The zero-order chi connectivity index (χ0) is 43.3. The molecule has 2 heteroatoms. The minimum atomic E-state index is -0.130. The van der Waals surface area contributed by atoms with Crippen molar-refractivity contribution >= 4 is 49.8 Å². The summed E-state index contributed by atoms with van der Waals surface area (Å²) in [4.78, 5) is 1.84. The van der Waals surface area contributed by atoms with E-state index in [4.69, 9.17) is 4.42 Å². The summed E-state index contributed by atoms with van der Waals surface area (Å²) in [6, 6.07) is 70.8. The van der Waals surface area contributed by atoms with Gasteiger partial charge < -0.3 is 9.32 Å². The molecule has 1 heterocycles. The van der Waals surface area contributed by atoms with Gasteiger partial charge in [0.1, 0.15) is 11.2 Å². The SMILES string of the molecule is [2H]c1c([2H])c(N(c2ccc(-c3ccc(-c4ccccc4)cc3)cc2)c2ccc(-c3cccc4oc5c6ccccc6ccc5c34)cc2)c([2H])c([2H])c1-c1ccc(-c2ccccc2)cc1. The van der Waals surface area contributed by atoms with Crippen LogP contribution in [0.15, 0.2) is 241 Å². The van der Waals surface area contributed by atoms with E-state index < -0.39 is 0 Å². The highest BCUT2D eigenvalue weighted by molar-refractivity contribution is 6.19. The van der Waals surface area contributed by atoms with Gasteiger partial charge in [0.2, 0.25) is 0 Å². The van der Waals surface area contributed by atoms with Crippen molar-refractivity contribution in [2.75, 3.05) is 4.90 Å². The standard InChI is InChI=1S/C58H39NO/c1-3-10-40(11-4-1)42-18-22-44(23-19-42)46-26-33-50(34-27-46)59(51-35-28-47(29-36-51)45-24-20-43(21-25-45)41-12-5-2-6-13-41)52-37-30-49(31-38-52)53-16-9-17-56-57(53)55-39-32-48-14-7-8-15-54(48)58(55)60-56/h1-39H/i26D,27D,33D,34D. The molecule has 10 aromatic carbocycles.